The third-order valence-corrected chi connectivity index (χ3v) is 3.37. The highest BCUT2D eigenvalue weighted by atomic mass is 16.3. The van der Waals surface area contributed by atoms with Crippen LogP contribution in [0.25, 0.3) is 0 Å². The average molecular weight is 223 g/mol. The van der Waals surface area contributed by atoms with Crippen molar-refractivity contribution in [2.75, 3.05) is 0 Å². The van der Waals surface area contributed by atoms with Crippen molar-refractivity contribution < 1.29 is 5.11 Å². The minimum atomic E-state index is -0.0210. The fourth-order valence-electron chi connectivity index (χ4n) is 2.20. The van der Waals surface area contributed by atoms with Crippen molar-refractivity contribution >= 4 is 0 Å². The van der Waals surface area contributed by atoms with Crippen molar-refractivity contribution in [1.29, 1.82) is 0 Å². The molecule has 16 heavy (non-hydrogen) atoms. The van der Waals surface area contributed by atoms with Crippen molar-refractivity contribution in [3.63, 3.8) is 0 Å². The van der Waals surface area contributed by atoms with Crippen LogP contribution in [0.4, 0.5) is 0 Å². The third-order valence-electron chi connectivity index (χ3n) is 3.37. The van der Waals surface area contributed by atoms with E-state index in [0.29, 0.717) is 23.1 Å². The van der Waals surface area contributed by atoms with Gasteiger partial charge in [-0.15, -0.1) is 10.2 Å². The Hall–Kier alpha value is -0.900. The first-order valence-corrected chi connectivity index (χ1v) is 5.98. The lowest BCUT2D eigenvalue weighted by atomic mass is 10.1. The summed E-state index contributed by atoms with van der Waals surface area (Å²) in [5, 5.41) is 17.6. The topological polar surface area (TPSA) is 50.9 Å². The standard InChI is InChI=1S/C12H21N3O/c1-8(2)6-15-10(7-16)13-14-11(15)9-5-12(9,3)4/h8-9,16H,5-7H2,1-4H3. The van der Waals surface area contributed by atoms with E-state index in [9.17, 15) is 5.11 Å². The first kappa shape index (κ1) is 11.6. The smallest absolute Gasteiger partial charge is 0.158 e. The Morgan fingerprint density at radius 1 is 1.44 bits per heavy atom. The molecule has 1 unspecified atom stereocenters. The highest BCUT2D eigenvalue weighted by Crippen LogP contribution is 2.58. The Kier molecular flexibility index (Phi) is 2.78. The van der Waals surface area contributed by atoms with Crippen molar-refractivity contribution in [2.45, 2.75) is 53.2 Å². The summed E-state index contributed by atoms with van der Waals surface area (Å²) in [5.74, 6) is 2.81. The number of hydrogen-bond acceptors (Lipinski definition) is 3. The van der Waals surface area contributed by atoms with Crippen molar-refractivity contribution in [3.8, 4) is 0 Å². The summed E-state index contributed by atoms with van der Waals surface area (Å²) >= 11 is 0. The predicted octanol–water partition coefficient (Wildman–Crippen LogP) is 1.94. The molecule has 0 bridgehead atoms. The molecule has 1 aliphatic carbocycles. The molecule has 1 N–H and O–H groups in total. The number of aromatic nitrogens is 3. The number of aliphatic hydroxyl groups is 1. The summed E-state index contributed by atoms with van der Waals surface area (Å²) in [6.45, 7) is 9.72. The number of rotatable bonds is 4. The van der Waals surface area contributed by atoms with Crippen LogP contribution in [-0.2, 0) is 13.2 Å². The minimum Gasteiger partial charge on any atom is -0.388 e. The van der Waals surface area contributed by atoms with E-state index >= 15 is 0 Å². The van der Waals surface area contributed by atoms with E-state index in [1.165, 1.54) is 6.42 Å². The molecule has 1 fully saturated rings. The van der Waals surface area contributed by atoms with Crippen molar-refractivity contribution in [1.82, 2.24) is 14.8 Å². The lowest BCUT2D eigenvalue weighted by Crippen LogP contribution is -2.12. The molecule has 90 valence electrons. The monoisotopic (exact) mass is 223 g/mol. The maximum Gasteiger partial charge on any atom is 0.158 e. The minimum absolute atomic E-state index is 0.0210. The average Bonchev–Trinajstić information content (AvgIpc) is 2.65. The molecule has 1 heterocycles. The van der Waals surface area contributed by atoms with Gasteiger partial charge in [0.15, 0.2) is 5.82 Å². The highest BCUT2D eigenvalue weighted by Gasteiger charge is 2.49. The van der Waals surface area contributed by atoms with E-state index in [2.05, 4.69) is 42.5 Å². The first-order chi connectivity index (χ1) is 7.45. The molecule has 4 heteroatoms. The quantitative estimate of drug-likeness (QED) is 0.848. The van der Waals surface area contributed by atoms with Gasteiger partial charge in [-0.05, 0) is 17.8 Å². The van der Waals surface area contributed by atoms with Gasteiger partial charge < -0.3 is 9.67 Å². The van der Waals surface area contributed by atoms with E-state index in [1.807, 2.05) is 0 Å². The summed E-state index contributed by atoms with van der Waals surface area (Å²) in [6.07, 6.45) is 1.18. The van der Waals surface area contributed by atoms with Crippen molar-refractivity contribution in [3.05, 3.63) is 11.6 Å². The largest absolute Gasteiger partial charge is 0.388 e. The zero-order chi connectivity index (χ0) is 11.9. The molecule has 0 aromatic carbocycles. The SMILES string of the molecule is CC(C)Cn1c(CO)nnc1C1CC1(C)C. The fourth-order valence-corrected chi connectivity index (χ4v) is 2.20. The fraction of sp³-hybridized carbons (Fsp3) is 0.833. The van der Waals surface area contributed by atoms with Crippen LogP contribution in [0.3, 0.4) is 0 Å². The van der Waals surface area contributed by atoms with E-state index in [-0.39, 0.29) is 6.61 Å². The van der Waals surface area contributed by atoms with Crippen LogP contribution in [0.1, 0.15) is 51.7 Å². The maximum absolute atomic E-state index is 9.25. The van der Waals surface area contributed by atoms with Gasteiger partial charge in [0.05, 0.1) is 0 Å². The van der Waals surface area contributed by atoms with Gasteiger partial charge in [-0.3, -0.25) is 0 Å². The molecular formula is C12H21N3O. The summed E-state index contributed by atoms with van der Waals surface area (Å²) in [5.41, 5.74) is 0.356. The van der Waals surface area contributed by atoms with E-state index in [1.54, 1.807) is 0 Å². The summed E-state index contributed by atoms with van der Waals surface area (Å²) in [6, 6.07) is 0. The molecule has 1 aromatic heterocycles. The summed E-state index contributed by atoms with van der Waals surface area (Å²) < 4.78 is 2.10. The van der Waals surface area contributed by atoms with E-state index in [4.69, 9.17) is 0 Å². The molecule has 1 aromatic rings. The summed E-state index contributed by atoms with van der Waals surface area (Å²) in [7, 11) is 0. The normalized spacial score (nSPS) is 22.8. The molecule has 0 amide bonds. The van der Waals surface area contributed by atoms with Crippen molar-refractivity contribution in [2.24, 2.45) is 11.3 Å². The van der Waals surface area contributed by atoms with Gasteiger partial charge in [-0.2, -0.15) is 0 Å². The number of hydrogen-bond donors (Lipinski definition) is 1. The molecule has 0 spiro atoms. The molecule has 1 aliphatic rings. The van der Waals surface area contributed by atoms with Gasteiger partial charge in [-0.25, -0.2) is 0 Å². The van der Waals surface area contributed by atoms with Gasteiger partial charge in [0.1, 0.15) is 12.4 Å². The zero-order valence-corrected chi connectivity index (χ0v) is 10.6. The molecule has 4 nitrogen and oxygen atoms in total. The lowest BCUT2D eigenvalue weighted by Gasteiger charge is -2.12. The van der Waals surface area contributed by atoms with Crippen LogP contribution in [0.15, 0.2) is 0 Å². The van der Waals surface area contributed by atoms with Crippen LogP contribution >= 0.6 is 0 Å². The zero-order valence-electron chi connectivity index (χ0n) is 10.6. The van der Waals surface area contributed by atoms with Gasteiger partial charge >= 0.3 is 0 Å². The lowest BCUT2D eigenvalue weighted by molar-refractivity contribution is 0.261. The molecular weight excluding hydrogens is 202 g/mol. The highest BCUT2D eigenvalue weighted by molar-refractivity contribution is 5.17. The molecule has 1 atom stereocenters. The third kappa shape index (κ3) is 1.98. The Balaban J connectivity index is 2.28. The molecule has 0 radical (unpaired) electrons. The second-order valence-electron chi connectivity index (χ2n) is 5.88. The van der Waals surface area contributed by atoms with Crippen LogP contribution < -0.4 is 0 Å². The Labute approximate surface area is 96.7 Å². The Bertz CT molecular complexity index is 382. The van der Waals surface area contributed by atoms with E-state index in [0.717, 1.165) is 12.4 Å². The van der Waals surface area contributed by atoms with Crippen LogP contribution in [0.5, 0.6) is 0 Å². The van der Waals surface area contributed by atoms with Crippen LogP contribution in [0.2, 0.25) is 0 Å². The molecule has 2 rings (SSSR count). The molecule has 0 saturated heterocycles. The van der Waals surface area contributed by atoms with Gasteiger partial charge in [-0.1, -0.05) is 27.7 Å². The summed E-state index contributed by atoms with van der Waals surface area (Å²) in [4.78, 5) is 0. The molecule has 1 saturated carbocycles. The van der Waals surface area contributed by atoms with Gasteiger partial charge in [0.2, 0.25) is 0 Å². The van der Waals surface area contributed by atoms with Crippen LogP contribution in [-0.4, -0.2) is 19.9 Å². The Morgan fingerprint density at radius 3 is 2.50 bits per heavy atom. The number of nitrogens with zero attached hydrogens (tertiary/aromatic N) is 3. The molecule has 0 aliphatic heterocycles. The predicted molar refractivity (Wildman–Crippen MR) is 61.9 cm³/mol. The van der Waals surface area contributed by atoms with E-state index < -0.39 is 0 Å². The first-order valence-electron chi connectivity index (χ1n) is 5.98. The number of aliphatic hydroxyl groups excluding tert-OH is 1. The van der Waals surface area contributed by atoms with Crippen LogP contribution in [0, 0.1) is 11.3 Å². The Morgan fingerprint density at radius 2 is 2.06 bits per heavy atom. The van der Waals surface area contributed by atoms with Gasteiger partial charge in [0.25, 0.3) is 0 Å². The second-order valence-corrected chi connectivity index (χ2v) is 5.88. The second kappa shape index (κ2) is 3.84. The van der Waals surface area contributed by atoms with Gasteiger partial charge in [0, 0.05) is 12.5 Å². The maximum atomic E-state index is 9.25.